The van der Waals surface area contributed by atoms with Crippen LogP contribution in [0.1, 0.15) is 30.9 Å². The van der Waals surface area contributed by atoms with E-state index in [-0.39, 0.29) is 18.4 Å². The Labute approximate surface area is 113 Å². The molecule has 2 atom stereocenters. The van der Waals surface area contributed by atoms with E-state index in [2.05, 4.69) is 4.98 Å². The summed E-state index contributed by atoms with van der Waals surface area (Å²) in [4.78, 5) is 3.17. The third kappa shape index (κ3) is 2.14. The van der Waals surface area contributed by atoms with E-state index in [0.29, 0.717) is 5.92 Å². The predicted molar refractivity (Wildman–Crippen MR) is 75.8 cm³/mol. The highest BCUT2D eigenvalue weighted by Crippen LogP contribution is 2.35. The van der Waals surface area contributed by atoms with Gasteiger partial charge in [0.15, 0.2) is 0 Å². The summed E-state index contributed by atoms with van der Waals surface area (Å²) in [6.45, 7) is 0. The van der Waals surface area contributed by atoms with E-state index in [1.54, 1.807) is 0 Å². The van der Waals surface area contributed by atoms with Crippen LogP contribution < -0.4 is 5.73 Å². The van der Waals surface area contributed by atoms with Gasteiger partial charge in [-0.25, -0.2) is 0 Å². The summed E-state index contributed by atoms with van der Waals surface area (Å²) in [7, 11) is 0. The first-order valence-corrected chi connectivity index (χ1v) is 6.27. The summed E-state index contributed by atoms with van der Waals surface area (Å²) in [6, 6.07) is 7.78. The Morgan fingerprint density at radius 3 is 2.72 bits per heavy atom. The molecule has 0 unspecified atom stereocenters. The summed E-state index contributed by atoms with van der Waals surface area (Å²) in [5, 5.41) is 11.4. The molecular formula is C14H19ClN2O. The Morgan fingerprint density at radius 2 is 2.06 bits per heavy atom. The number of rotatable bonds is 3. The van der Waals surface area contributed by atoms with E-state index in [4.69, 9.17) is 5.73 Å². The third-order valence-corrected chi connectivity index (χ3v) is 3.99. The van der Waals surface area contributed by atoms with Crippen LogP contribution in [0.2, 0.25) is 0 Å². The van der Waals surface area contributed by atoms with E-state index in [1.807, 2.05) is 30.5 Å². The Kier molecular flexibility index (Phi) is 3.95. The van der Waals surface area contributed by atoms with E-state index in [0.717, 1.165) is 29.3 Å². The topological polar surface area (TPSA) is 62.0 Å². The Bertz CT molecular complexity index is 521. The highest BCUT2D eigenvalue weighted by atomic mass is 35.5. The van der Waals surface area contributed by atoms with Crippen LogP contribution >= 0.6 is 12.4 Å². The molecule has 4 heteroatoms. The maximum absolute atomic E-state index is 10.3. The van der Waals surface area contributed by atoms with E-state index >= 15 is 0 Å². The van der Waals surface area contributed by atoms with Gasteiger partial charge in [-0.1, -0.05) is 18.6 Å². The zero-order valence-corrected chi connectivity index (χ0v) is 11.0. The van der Waals surface area contributed by atoms with Crippen molar-refractivity contribution in [3.8, 4) is 0 Å². The van der Waals surface area contributed by atoms with Crippen molar-refractivity contribution in [2.45, 2.75) is 31.4 Å². The van der Waals surface area contributed by atoms with Crippen molar-refractivity contribution in [3.05, 3.63) is 36.0 Å². The zero-order valence-electron chi connectivity index (χ0n) is 10.2. The molecule has 3 nitrogen and oxygen atoms in total. The molecule has 18 heavy (non-hydrogen) atoms. The molecule has 0 saturated heterocycles. The van der Waals surface area contributed by atoms with Crippen LogP contribution in [0.5, 0.6) is 0 Å². The number of nitrogens with one attached hydrogen (secondary N) is 1. The number of aromatic amines is 1. The van der Waals surface area contributed by atoms with Crippen LogP contribution in [0.4, 0.5) is 0 Å². The van der Waals surface area contributed by atoms with Gasteiger partial charge in [-0.05, 0) is 36.5 Å². The number of aromatic nitrogens is 1. The molecule has 4 N–H and O–H groups in total. The molecule has 0 aliphatic heterocycles. The SMILES string of the molecule is Cl.N[C@@H](c1cccc2[nH]ccc12)[C@H](O)C1CCC1. The van der Waals surface area contributed by atoms with Gasteiger partial charge in [-0.15, -0.1) is 12.4 Å². The minimum atomic E-state index is -0.413. The van der Waals surface area contributed by atoms with Crippen molar-refractivity contribution in [1.29, 1.82) is 0 Å². The number of hydrogen-bond donors (Lipinski definition) is 3. The molecule has 0 radical (unpaired) electrons. The van der Waals surface area contributed by atoms with Gasteiger partial charge in [0.2, 0.25) is 0 Å². The fourth-order valence-corrected chi connectivity index (χ4v) is 2.66. The predicted octanol–water partition coefficient (Wildman–Crippen LogP) is 2.75. The molecule has 2 aromatic rings. The lowest BCUT2D eigenvalue weighted by Gasteiger charge is -2.34. The molecule has 1 aliphatic carbocycles. The lowest BCUT2D eigenvalue weighted by atomic mass is 9.77. The molecular weight excluding hydrogens is 248 g/mol. The Balaban J connectivity index is 0.00000120. The smallest absolute Gasteiger partial charge is 0.0761 e. The minimum absolute atomic E-state index is 0. The highest BCUT2D eigenvalue weighted by Gasteiger charge is 2.31. The number of aliphatic hydroxyl groups excluding tert-OH is 1. The van der Waals surface area contributed by atoms with Gasteiger partial charge >= 0.3 is 0 Å². The number of halogens is 1. The molecule has 1 aromatic carbocycles. The van der Waals surface area contributed by atoms with Gasteiger partial charge in [-0.2, -0.15) is 0 Å². The molecule has 0 amide bonds. The first-order valence-electron chi connectivity index (χ1n) is 6.27. The molecule has 1 heterocycles. The summed E-state index contributed by atoms with van der Waals surface area (Å²) >= 11 is 0. The van der Waals surface area contributed by atoms with Crippen LogP contribution in [0, 0.1) is 5.92 Å². The summed E-state index contributed by atoms with van der Waals surface area (Å²) in [6.07, 6.45) is 4.94. The van der Waals surface area contributed by atoms with Crippen LogP contribution in [0.25, 0.3) is 10.9 Å². The van der Waals surface area contributed by atoms with Gasteiger partial charge in [-0.3, -0.25) is 0 Å². The maximum Gasteiger partial charge on any atom is 0.0761 e. The van der Waals surface area contributed by atoms with Gasteiger partial charge in [0, 0.05) is 17.1 Å². The standard InChI is InChI=1S/C14H18N2O.ClH/c15-13(14(17)9-3-1-4-9)11-5-2-6-12-10(11)7-8-16-12;/h2,5-9,13-14,16-17H,1,3-4,15H2;1H/t13-,14+;/m0./s1. The molecule has 1 aliphatic rings. The molecule has 3 rings (SSSR count). The monoisotopic (exact) mass is 266 g/mol. The van der Waals surface area contributed by atoms with Crippen molar-refractivity contribution < 1.29 is 5.11 Å². The first kappa shape index (κ1) is 13.4. The second-order valence-corrected chi connectivity index (χ2v) is 4.99. The zero-order chi connectivity index (χ0) is 11.8. The maximum atomic E-state index is 10.3. The van der Waals surface area contributed by atoms with E-state index in [9.17, 15) is 5.11 Å². The second-order valence-electron chi connectivity index (χ2n) is 4.99. The van der Waals surface area contributed by atoms with Crippen molar-refractivity contribution in [3.63, 3.8) is 0 Å². The quantitative estimate of drug-likeness (QED) is 0.800. The molecule has 1 saturated carbocycles. The number of benzene rings is 1. The van der Waals surface area contributed by atoms with Gasteiger partial charge in [0.05, 0.1) is 12.1 Å². The van der Waals surface area contributed by atoms with Gasteiger partial charge in [0.25, 0.3) is 0 Å². The first-order chi connectivity index (χ1) is 8.27. The van der Waals surface area contributed by atoms with Crippen molar-refractivity contribution in [2.24, 2.45) is 11.7 Å². The van der Waals surface area contributed by atoms with Gasteiger partial charge < -0.3 is 15.8 Å². The lowest BCUT2D eigenvalue weighted by Crippen LogP contribution is -2.36. The number of hydrogen-bond acceptors (Lipinski definition) is 2. The molecule has 1 fully saturated rings. The summed E-state index contributed by atoms with van der Waals surface area (Å²) in [5.41, 5.74) is 8.34. The van der Waals surface area contributed by atoms with E-state index in [1.165, 1.54) is 6.42 Å². The minimum Gasteiger partial charge on any atom is -0.391 e. The Morgan fingerprint density at radius 1 is 1.28 bits per heavy atom. The summed E-state index contributed by atoms with van der Waals surface area (Å²) in [5.74, 6) is 0.388. The normalized spacial score (nSPS) is 19.0. The van der Waals surface area contributed by atoms with Crippen LogP contribution in [0.15, 0.2) is 30.5 Å². The van der Waals surface area contributed by atoms with Crippen LogP contribution in [0.3, 0.4) is 0 Å². The number of fused-ring (bicyclic) bond motifs is 1. The van der Waals surface area contributed by atoms with Crippen molar-refractivity contribution >= 4 is 23.3 Å². The average Bonchev–Trinajstić information content (AvgIpc) is 2.73. The van der Waals surface area contributed by atoms with Gasteiger partial charge in [0.1, 0.15) is 0 Å². The Hall–Kier alpha value is -1.03. The number of nitrogens with two attached hydrogens (primary N) is 1. The van der Waals surface area contributed by atoms with E-state index < -0.39 is 6.10 Å². The number of H-pyrrole nitrogens is 1. The highest BCUT2D eigenvalue weighted by molar-refractivity contribution is 5.85. The third-order valence-electron chi connectivity index (χ3n) is 3.99. The average molecular weight is 267 g/mol. The lowest BCUT2D eigenvalue weighted by molar-refractivity contribution is 0.0417. The number of aliphatic hydroxyl groups is 1. The molecule has 0 spiro atoms. The van der Waals surface area contributed by atoms with Crippen molar-refractivity contribution in [2.75, 3.05) is 0 Å². The summed E-state index contributed by atoms with van der Waals surface area (Å²) < 4.78 is 0. The second kappa shape index (κ2) is 5.31. The molecule has 98 valence electrons. The van der Waals surface area contributed by atoms with Crippen LogP contribution in [-0.2, 0) is 0 Å². The molecule has 0 bridgehead atoms. The molecule has 1 aromatic heterocycles. The van der Waals surface area contributed by atoms with Crippen LogP contribution in [-0.4, -0.2) is 16.2 Å². The largest absolute Gasteiger partial charge is 0.391 e. The fraction of sp³-hybridized carbons (Fsp3) is 0.429. The fourth-order valence-electron chi connectivity index (χ4n) is 2.66. The van der Waals surface area contributed by atoms with Crippen molar-refractivity contribution in [1.82, 2.24) is 4.98 Å².